The van der Waals surface area contributed by atoms with E-state index >= 15 is 0 Å². The molecule has 0 N–H and O–H groups in total. The van der Waals surface area contributed by atoms with Gasteiger partial charge in [0.15, 0.2) is 0 Å². The number of alkyl halides is 1. The molecule has 0 fully saturated rings. The summed E-state index contributed by atoms with van der Waals surface area (Å²) in [4.78, 5) is 4.74. The molecule has 0 aliphatic heterocycles. The monoisotopic (exact) mass is 367 g/mol. The molecule has 3 heteroatoms. The Bertz CT molecular complexity index is 552. The Balaban J connectivity index is 2.19. The van der Waals surface area contributed by atoms with Gasteiger partial charge in [-0.3, -0.25) is 4.98 Å². The van der Waals surface area contributed by atoms with Gasteiger partial charge >= 0.3 is 0 Å². The lowest BCUT2D eigenvalue weighted by molar-refractivity contribution is 0.891. The summed E-state index contributed by atoms with van der Waals surface area (Å²) in [5, 5.41) is 0. The van der Waals surface area contributed by atoms with Crippen LogP contribution in [-0.2, 0) is 6.42 Å². The molecule has 1 atom stereocenters. The van der Waals surface area contributed by atoms with E-state index in [0.29, 0.717) is 4.83 Å². The Kier molecular flexibility index (Phi) is 4.57. The molecule has 0 radical (unpaired) electrons. The van der Waals surface area contributed by atoms with E-state index in [1.54, 1.807) is 0 Å². The zero-order valence-electron chi connectivity index (χ0n) is 10.5. The molecule has 1 aromatic carbocycles. The van der Waals surface area contributed by atoms with Gasteiger partial charge < -0.3 is 0 Å². The topological polar surface area (TPSA) is 12.9 Å². The lowest BCUT2D eigenvalue weighted by Gasteiger charge is -2.12. The summed E-state index contributed by atoms with van der Waals surface area (Å²) >= 11 is 7.33. The Morgan fingerprint density at radius 2 is 1.94 bits per heavy atom. The third-order valence-electron chi connectivity index (χ3n) is 3.05. The first-order chi connectivity index (χ1) is 8.58. The Labute approximate surface area is 125 Å². The normalized spacial score (nSPS) is 12.4. The molecule has 1 aromatic heterocycles. The summed E-state index contributed by atoms with van der Waals surface area (Å²) in [6.45, 7) is 4.20. The van der Waals surface area contributed by atoms with Crippen LogP contribution in [0, 0.1) is 13.8 Å². The second kappa shape index (κ2) is 5.98. The molecule has 0 aliphatic carbocycles. The van der Waals surface area contributed by atoms with Gasteiger partial charge in [-0.25, -0.2) is 0 Å². The predicted octanol–water partition coefficient (Wildman–Crippen LogP) is 5.14. The number of nitrogens with zero attached hydrogens (tertiary/aromatic N) is 1. The van der Waals surface area contributed by atoms with Crippen molar-refractivity contribution < 1.29 is 0 Å². The molecule has 1 heterocycles. The Hall–Kier alpha value is -0.670. The highest BCUT2D eigenvalue weighted by Crippen LogP contribution is 2.30. The molecule has 0 amide bonds. The minimum atomic E-state index is 0.294. The smallest absolute Gasteiger partial charge is 0.0451 e. The van der Waals surface area contributed by atoms with Crippen LogP contribution in [0.3, 0.4) is 0 Å². The van der Waals surface area contributed by atoms with Crippen molar-refractivity contribution in [3.05, 3.63) is 63.4 Å². The van der Waals surface area contributed by atoms with E-state index in [0.717, 1.165) is 16.6 Å². The predicted molar refractivity (Wildman–Crippen MR) is 83.2 cm³/mol. The SMILES string of the molecule is Cc1ccc(C(Br)Cc2ncccc2C)cc1Br. The molecule has 0 aliphatic rings. The van der Waals surface area contributed by atoms with E-state index in [9.17, 15) is 0 Å². The van der Waals surface area contributed by atoms with Gasteiger partial charge in [-0.05, 0) is 42.7 Å². The average Bonchev–Trinajstić information content (AvgIpc) is 2.35. The summed E-state index contributed by atoms with van der Waals surface area (Å²) < 4.78 is 1.15. The molecule has 0 saturated carbocycles. The zero-order valence-corrected chi connectivity index (χ0v) is 13.6. The minimum absolute atomic E-state index is 0.294. The van der Waals surface area contributed by atoms with Crippen LogP contribution >= 0.6 is 31.9 Å². The highest BCUT2D eigenvalue weighted by Gasteiger charge is 2.11. The third-order valence-corrected chi connectivity index (χ3v) is 4.75. The van der Waals surface area contributed by atoms with Gasteiger partial charge in [0.25, 0.3) is 0 Å². The van der Waals surface area contributed by atoms with Crippen molar-refractivity contribution in [2.45, 2.75) is 25.1 Å². The molecule has 94 valence electrons. The van der Waals surface area contributed by atoms with Crippen molar-refractivity contribution in [2.24, 2.45) is 0 Å². The van der Waals surface area contributed by atoms with Crippen LogP contribution in [0.25, 0.3) is 0 Å². The number of hydrogen-bond donors (Lipinski definition) is 0. The number of benzene rings is 1. The number of aromatic nitrogens is 1. The summed E-state index contributed by atoms with van der Waals surface area (Å²) in [6.07, 6.45) is 2.76. The van der Waals surface area contributed by atoms with Crippen LogP contribution in [0.15, 0.2) is 41.0 Å². The first-order valence-corrected chi connectivity index (χ1v) is 7.59. The Morgan fingerprint density at radius 1 is 1.17 bits per heavy atom. The largest absolute Gasteiger partial charge is 0.261 e. The van der Waals surface area contributed by atoms with Crippen LogP contribution in [0.4, 0.5) is 0 Å². The molecular formula is C15H15Br2N. The van der Waals surface area contributed by atoms with E-state index in [4.69, 9.17) is 0 Å². The van der Waals surface area contributed by atoms with E-state index in [2.05, 4.69) is 75.0 Å². The quantitative estimate of drug-likeness (QED) is 0.683. The molecule has 2 aromatic rings. The number of halogens is 2. The lowest BCUT2D eigenvalue weighted by atomic mass is 10.0. The van der Waals surface area contributed by atoms with E-state index in [1.165, 1.54) is 16.7 Å². The lowest BCUT2D eigenvalue weighted by Crippen LogP contribution is -2.00. The standard InChI is InChI=1S/C15H15Br2N/c1-10-5-6-12(8-13(10)16)14(17)9-15-11(2)4-3-7-18-15/h3-8,14H,9H2,1-2H3. The highest BCUT2D eigenvalue weighted by atomic mass is 79.9. The molecular weight excluding hydrogens is 354 g/mol. The average molecular weight is 369 g/mol. The summed E-state index contributed by atoms with van der Waals surface area (Å²) in [6, 6.07) is 10.6. The molecule has 18 heavy (non-hydrogen) atoms. The van der Waals surface area contributed by atoms with Crippen LogP contribution in [0.5, 0.6) is 0 Å². The second-order valence-corrected chi connectivity index (χ2v) is 6.41. The molecule has 2 rings (SSSR count). The van der Waals surface area contributed by atoms with Crippen LogP contribution < -0.4 is 0 Å². The number of rotatable bonds is 3. The number of aryl methyl sites for hydroxylation is 2. The van der Waals surface area contributed by atoms with Gasteiger partial charge in [0, 0.05) is 27.6 Å². The fourth-order valence-electron chi connectivity index (χ4n) is 1.82. The van der Waals surface area contributed by atoms with E-state index < -0.39 is 0 Å². The molecule has 0 bridgehead atoms. The van der Waals surface area contributed by atoms with Gasteiger partial charge in [0.1, 0.15) is 0 Å². The molecule has 0 spiro atoms. The van der Waals surface area contributed by atoms with Gasteiger partial charge in [0.05, 0.1) is 0 Å². The van der Waals surface area contributed by atoms with Crippen molar-refractivity contribution >= 4 is 31.9 Å². The van der Waals surface area contributed by atoms with Gasteiger partial charge in [-0.2, -0.15) is 0 Å². The van der Waals surface area contributed by atoms with Crippen LogP contribution in [0.2, 0.25) is 0 Å². The number of hydrogen-bond acceptors (Lipinski definition) is 1. The zero-order chi connectivity index (χ0) is 13.1. The Morgan fingerprint density at radius 3 is 2.61 bits per heavy atom. The first-order valence-electron chi connectivity index (χ1n) is 5.88. The molecule has 1 nitrogen and oxygen atoms in total. The van der Waals surface area contributed by atoms with E-state index in [-0.39, 0.29) is 0 Å². The fraction of sp³-hybridized carbons (Fsp3) is 0.267. The van der Waals surface area contributed by atoms with Crippen molar-refractivity contribution in [1.29, 1.82) is 0 Å². The summed E-state index contributed by atoms with van der Waals surface area (Å²) in [5.74, 6) is 0. The first kappa shape index (κ1) is 13.8. The van der Waals surface area contributed by atoms with Crippen molar-refractivity contribution in [3.8, 4) is 0 Å². The summed E-state index contributed by atoms with van der Waals surface area (Å²) in [5.41, 5.74) is 4.93. The van der Waals surface area contributed by atoms with Crippen molar-refractivity contribution in [1.82, 2.24) is 4.98 Å². The minimum Gasteiger partial charge on any atom is -0.261 e. The highest BCUT2D eigenvalue weighted by molar-refractivity contribution is 9.10. The molecule has 0 saturated heterocycles. The van der Waals surface area contributed by atoms with Gasteiger partial charge in [-0.1, -0.05) is 50.1 Å². The van der Waals surface area contributed by atoms with E-state index in [1.807, 2.05) is 12.3 Å². The maximum absolute atomic E-state index is 4.44. The van der Waals surface area contributed by atoms with Crippen molar-refractivity contribution in [3.63, 3.8) is 0 Å². The number of pyridine rings is 1. The fourth-order valence-corrected chi connectivity index (χ4v) is 2.81. The molecule has 1 unspecified atom stereocenters. The van der Waals surface area contributed by atoms with Gasteiger partial charge in [-0.15, -0.1) is 0 Å². The third kappa shape index (κ3) is 3.21. The maximum atomic E-state index is 4.44. The maximum Gasteiger partial charge on any atom is 0.0451 e. The second-order valence-electron chi connectivity index (χ2n) is 4.45. The van der Waals surface area contributed by atoms with Crippen LogP contribution in [-0.4, -0.2) is 4.98 Å². The van der Waals surface area contributed by atoms with Crippen LogP contribution in [0.1, 0.15) is 27.2 Å². The van der Waals surface area contributed by atoms with Gasteiger partial charge in [0.2, 0.25) is 0 Å². The van der Waals surface area contributed by atoms with Crippen molar-refractivity contribution in [2.75, 3.05) is 0 Å². The summed E-state index contributed by atoms with van der Waals surface area (Å²) in [7, 11) is 0.